The van der Waals surface area contributed by atoms with Crippen LogP contribution in [-0.4, -0.2) is 32.8 Å². The lowest BCUT2D eigenvalue weighted by atomic mass is 10.1. The van der Waals surface area contributed by atoms with Gasteiger partial charge in [0.05, 0.1) is 18.5 Å². The highest BCUT2D eigenvalue weighted by atomic mass is 32.2. The van der Waals surface area contributed by atoms with Gasteiger partial charge in [0, 0.05) is 30.7 Å². The molecule has 0 aliphatic rings. The Bertz CT molecular complexity index is 1230. The average Bonchev–Trinajstić information content (AvgIpc) is 3.40. The van der Waals surface area contributed by atoms with Crippen LogP contribution in [0.15, 0.2) is 59.1 Å². The largest absolute Gasteiger partial charge is 0.495 e. The van der Waals surface area contributed by atoms with E-state index in [0.717, 1.165) is 22.2 Å². The lowest BCUT2D eigenvalue weighted by Gasteiger charge is -2.20. The number of rotatable bonds is 7. The number of ether oxygens (including phenoxy) is 1. The van der Waals surface area contributed by atoms with Crippen molar-refractivity contribution in [1.82, 2.24) is 19.7 Å². The lowest BCUT2D eigenvalue weighted by Crippen LogP contribution is -2.23. The molecule has 2 heterocycles. The summed E-state index contributed by atoms with van der Waals surface area (Å²) in [6.45, 7) is 3.58. The summed E-state index contributed by atoms with van der Waals surface area (Å²) in [6, 6.07) is 15.7. The minimum atomic E-state index is -0.126. The first-order chi connectivity index (χ1) is 15.5. The van der Waals surface area contributed by atoms with Crippen molar-refractivity contribution >= 4 is 39.8 Å². The van der Waals surface area contributed by atoms with Crippen molar-refractivity contribution in [2.75, 3.05) is 12.0 Å². The molecule has 0 fully saturated rings. The van der Waals surface area contributed by atoms with E-state index in [4.69, 9.17) is 9.72 Å². The highest BCUT2D eigenvalue weighted by Crippen LogP contribution is 2.36. The smallest absolute Gasteiger partial charge is 0.230 e. The summed E-state index contributed by atoms with van der Waals surface area (Å²) in [4.78, 5) is 18.7. The Balaban J connectivity index is 1.51. The summed E-state index contributed by atoms with van der Waals surface area (Å²) in [6.07, 6.45) is 0. The summed E-state index contributed by atoms with van der Waals surface area (Å²) < 4.78 is 7.41. The van der Waals surface area contributed by atoms with Crippen LogP contribution in [-0.2, 0) is 17.6 Å². The second kappa shape index (κ2) is 9.54. The molecule has 0 bridgehead atoms. The fourth-order valence-electron chi connectivity index (χ4n) is 3.22. The molecule has 0 atom stereocenters. The zero-order valence-corrected chi connectivity index (χ0v) is 19.9. The number of anilines is 2. The fraction of sp³-hybridized carbons (Fsp3) is 0.217. The number of carbonyl (C=O) groups excluding carboxylic acids is 1. The van der Waals surface area contributed by atoms with Gasteiger partial charge < -0.3 is 9.30 Å². The molecular formula is C23H23N5O2S2. The molecule has 32 heavy (non-hydrogen) atoms. The third-order valence-electron chi connectivity index (χ3n) is 4.87. The molecule has 0 aliphatic heterocycles. The molecule has 2 aromatic heterocycles. The molecule has 0 N–H and O–H groups in total. The van der Waals surface area contributed by atoms with Crippen LogP contribution in [0.1, 0.15) is 18.2 Å². The maximum Gasteiger partial charge on any atom is 0.230 e. The number of hydrogen-bond donors (Lipinski definition) is 0. The van der Waals surface area contributed by atoms with Gasteiger partial charge in [0.1, 0.15) is 5.75 Å². The van der Waals surface area contributed by atoms with E-state index >= 15 is 0 Å². The van der Waals surface area contributed by atoms with E-state index in [1.54, 1.807) is 23.8 Å². The van der Waals surface area contributed by atoms with Crippen molar-refractivity contribution in [2.45, 2.75) is 24.8 Å². The molecule has 0 aliphatic carbocycles. The van der Waals surface area contributed by atoms with Gasteiger partial charge in [0.25, 0.3) is 0 Å². The predicted octanol–water partition coefficient (Wildman–Crippen LogP) is 5.23. The van der Waals surface area contributed by atoms with Crippen LogP contribution in [0.3, 0.4) is 0 Å². The highest BCUT2D eigenvalue weighted by Gasteiger charge is 2.21. The molecule has 0 saturated carbocycles. The quantitative estimate of drug-likeness (QED) is 0.348. The molecule has 0 spiro atoms. The number of methoxy groups -OCH3 is 1. The SMILES string of the molecule is COc1ccccc1N(C(C)=O)c1nc(CSc2nnc(-c3ccc(C)cc3)n2C)cs1. The van der Waals surface area contributed by atoms with Crippen molar-refractivity contribution in [3.63, 3.8) is 0 Å². The fourth-order valence-corrected chi connectivity index (χ4v) is 5.01. The van der Waals surface area contributed by atoms with Crippen LogP contribution in [0.25, 0.3) is 11.4 Å². The molecule has 4 aromatic rings. The van der Waals surface area contributed by atoms with Crippen LogP contribution in [0.5, 0.6) is 5.75 Å². The van der Waals surface area contributed by atoms with Gasteiger partial charge in [-0.25, -0.2) is 4.98 Å². The molecule has 9 heteroatoms. The van der Waals surface area contributed by atoms with Crippen molar-refractivity contribution in [3.05, 3.63) is 65.2 Å². The average molecular weight is 466 g/mol. The van der Waals surface area contributed by atoms with E-state index in [-0.39, 0.29) is 5.91 Å². The maximum atomic E-state index is 12.4. The number of thioether (sulfide) groups is 1. The Kier molecular flexibility index (Phi) is 6.57. The number of thiazole rings is 1. The van der Waals surface area contributed by atoms with E-state index < -0.39 is 0 Å². The summed E-state index contributed by atoms with van der Waals surface area (Å²) in [5.74, 6) is 1.94. The maximum absolute atomic E-state index is 12.4. The Labute approximate surface area is 195 Å². The van der Waals surface area contributed by atoms with Crippen molar-refractivity contribution < 1.29 is 9.53 Å². The number of para-hydroxylation sites is 2. The normalized spacial score (nSPS) is 10.9. The Hall–Kier alpha value is -3.17. The van der Waals surface area contributed by atoms with E-state index in [0.29, 0.717) is 22.3 Å². The first-order valence-corrected chi connectivity index (χ1v) is 11.8. The van der Waals surface area contributed by atoms with Gasteiger partial charge in [-0.3, -0.25) is 9.69 Å². The molecule has 0 radical (unpaired) electrons. The standard InChI is InChI=1S/C23H23N5O2S2/c1-15-9-11-17(12-10-15)21-25-26-23(27(21)3)32-14-18-13-31-22(24-18)28(16(2)29)19-7-5-6-8-20(19)30-4/h5-13H,14H2,1-4H3. The highest BCUT2D eigenvalue weighted by molar-refractivity contribution is 7.98. The number of nitrogens with zero attached hydrogens (tertiary/aromatic N) is 5. The second-order valence-corrected chi connectivity index (χ2v) is 8.95. The molecule has 2 aromatic carbocycles. The van der Waals surface area contributed by atoms with Gasteiger partial charge in [-0.15, -0.1) is 21.5 Å². The number of carbonyl (C=O) groups is 1. The first-order valence-electron chi connectivity index (χ1n) is 9.95. The zero-order valence-electron chi connectivity index (χ0n) is 18.3. The van der Waals surface area contributed by atoms with Crippen molar-refractivity contribution in [2.24, 2.45) is 7.05 Å². The third-order valence-corrected chi connectivity index (χ3v) is 6.79. The van der Waals surface area contributed by atoms with E-state index in [1.807, 2.05) is 41.3 Å². The predicted molar refractivity (Wildman–Crippen MR) is 129 cm³/mol. The van der Waals surface area contributed by atoms with Gasteiger partial charge in [-0.05, 0) is 19.1 Å². The van der Waals surface area contributed by atoms with Gasteiger partial charge in [0.2, 0.25) is 5.91 Å². The van der Waals surface area contributed by atoms with Crippen LogP contribution in [0.4, 0.5) is 10.8 Å². The molecular weight excluding hydrogens is 442 g/mol. The van der Waals surface area contributed by atoms with Crippen LogP contribution < -0.4 is 9.64 Å². The number of benzene rings is 2. The number of aromatic nitrogens is 4. The Morgan fingerprint density at radius 1 is 1.16 bits per heavy atom. The second-order valence-electron chi connectivity index (χ2n) is 7.17. The third kappa shape index (κ3) is 4.53. The van der Waals surface area contributed by atoms with Gasteiger partial charge >= 0.3 is 0 Å². The number of amides is 1. The Morgan fingerprint density at radius 3 is 2.62 bits per heavy atom. The van der Waals surface area contributed by atoms with Crippen molar-refractivity contribution in [1.29, 1.82) is 0 Å². The Morgan fingerprint density at radius 2 is 1.91 bits per heavy atom. The monoisotopic (exact) mass is 465 g/mol. The summed E-state index contributed by atoms with van der Waals surface area (Å²) in [7, 11) is 3.55. The molecule has 0 saturated heterocycles. The number of hydrogen-bond acceptors (Lipinski definition) is 7. The molecule has 0 unspecified atom stereocenters. The van der Waals surface area contributed by atoms with Gasteiger partial charge in [-0.2, -0.15) is 0 Å². The van der Waals surface area contributed by atoms with E-state index in [9.17, 15) is 4.79 Å². The molecule has 4 rings (SSSR count). The summed E-state index contributed by atoms with van der Waals surface area (Å²) in [5, 5.41) is 12.1. The van der Waals surface area contributed by atoms with Crippen LogP contribution in [0.2, 0.25) is 0 Å². The van der Waals surface area contributed by atoms with E-state index in [2.05, 4.69) is 41.4 Å². The first kappa shape index (κ1) is 22.0. The lowest BCUT2D eigenvalue weighted by molar-refractivity contribution is -0.115. The zero-order chi connectivity index (χ0) is 22.7. The van der Waals surface area contributed by atoms with Crippen molar-refractivity contribution in [3.8, 4) is 17.1 Å². The minimum absolute atomic E-state index is 0.126. The van der Waals surface area contributed by atoms with E-state index in [1.165, 1.54) is 23.8 Å². The number of aryl methyl sites for hydroxylation is 1. The van der Waals surface area contributed by atoms with Crippen LogP contribution >= 0.6 is 23.1 Å². The summed E-state index contributed by atoms with van der Waals surface area (Å²) >= 11 is 2.99. The molecule has 164 valence electrons. The molecule has 1 amide bonds. The van der Waals surface area contributed by atoms with Gasteiger partial charge in [-0.1, -0.05) is 53.7 Å². The van der Waals surface area contributed by atoms with Crippen LogP contribution in [0, 0.1) is 6.92 Å². The van der Waals surface area contributed by atoms with Gasteiger partial charge in [0.15, 0.2) is 16.1 Å². The topological polar surface area (TPSA) is 73.1 Å². The summed E-state index contributed by atoms with van der Waals surface area (Å²) in [5.41, 5.74) is 3.78. The minimum Gasteiger partial charge on any atom is -0.495 e. The molecule has 7 nitrogen and oxygen atoms in total.